The second kappa shape index (κ2) is 12.8. The van der Waals surface area contributed by atoms with Crippen LogP contribution < -0.4 is 0 Å². The number of allylic oxidation sites excluding steroid dienone is 4. The summed E-state index contributed by atoms with van der Waals surface area (Å²) in [6, 6.07) is 58.2. The summed E-state index contributed by atoms with van der Waals surface area (Å²) in [7, 11) is 0. The Balaban J connectivity index is 1.11. The van der Waals surface area contributed by atoms with Gasteiger partial charge in [-0.3, -0.25) is 0 Å². The summed E-state index contributed by atoms with van der Waals surface area (Å²) in [5.41, 5.74) is 13.6. The summed E-state index contributed by atoms with van der Waals surface area (Å²) in [5.74, 6) is 1.05. The first kappa shape index (κ1) is 32.7. The number of rotatable bonds is 5. The summed E-state index contributed by atoms with van der Waals surface area (Å²) in [6.07, 6.45) is 7.56. The van der Waals surface area contributed by atoms with E-state index in [0.29, 0.717) is 11.7 Å². The lowest BCUT2D eigenvalue weighted by Gasteiger charge is -2.18. The van der Waals surface area contributed by atoms with Crippen molar-refractivity contribution in [2.45, 2.75) is 13.3 Å². The molecule has 274 valence electrons. The molecule has 5 nitrogen and oxygen atoms in total. The average molecular weight is 745 g/mol. The third-order valence-electron chi connectivity index (χ3n) is 12.0. The van der Waals surface area contributed by atoms with Crippen molar-refractivity contribution >= 4 is 71.1 Å². The molecule has 0 radical (unpaired) electrons. The summed E-state index contributed by atoms with van der Waals surface area (Å²) < 4.78 is 11.6. The Bertz CT molecular complexity index is 3490. The standard InChI is InChI=1S/C53H36N4O/c1-33-15-8-9-20-37(33)45-32-44(34-16-4-2-5-17-34)54-53(55-45)43-23-14-26-48-50(43)42-28-27-36(31-49(42)58-48)57-47-25-13-11-22-39(47)41-30-29-40-38-21-10-12-24-46(38)56(51(40)52(41)57)35-18-6-3-7-19-35/h2-14,16-33H,15H2,1H3. The lowest BCUT2D eigenvalue weighted by Crippen LogP contribution is -2.05. The van der Waals surface area contributed by atoms with Crippen molar-refractivity contribution in [2.75, 3.05) is 0 Å². The first-order valence-corrected chi connectivity index (χ1v) is 20.0. The van der Waals surface area contributed by atoms with Gasteiger partial charge in [0.15, 0.2) is 5.82 Å². The van der Waals surface area contributed by atoms with Gasteiger partial charge in [0.1, 0.15) is 11.2 Å². The number of aromatic nitrogens is 4. The normalized spacial score (nSPS) is 14.4. The van der Waals surface area contributed by atoms with E-state index in [4.69, 9.17) is 14.4 Å². The molecule has 11 aromatic rings. The number of furan rings is 1. The van der Waals surface area contributed by atoms with E-state index in [1.54, 1.807) is 0 Å². The molecule has 1 aliphatic carbocycles. The molecular weight excluding hydrogens is 709 g/mol. The number of benzene rings is 7. The minimum atomic E-state index is 0.358. The smallest absolute Gasteiger partial charge is 0.161 e. The summed E-state index contributed by atoms with van der Waals surface area (Å²) >= 11 is 0. The highest BCUT2D eigenvalue weighted by Gasteiger charge is 2.23. The Morgan fingerprint density at radius 3 is 1.90 bits per heavy atom. The molecule has 0 aliphatic heterocycles. The van der Waals surface area contributed by atoms with Gasteiger partial charge in [-0.2, -0.15) is 0 Å². The Labute approximate surface area is 334 Å². The monoisotopic (exact) mass is 744 g/mol. The molecule has 1 aliphatic rings. The van der Waals surface area contributed by atoms with Crippen molar-refractivity contribution in [3.63, 3.8) is 0 Å². The van der Waals surface area contributed by atoms with Crippen molar-refractivity contribution in [2.24, 2.45) is 5.92 Å². The number of para-hydroxylation sites is 3. The average Bonchev–Trinajstić information content (AvgIpc) is 3.94. The van der Waals surface area contributed by atoms with Crippen LogP contribution in [0.1, 0.15) is 19.0 Å². The van der Waals surface area contributed by atoms with Gasteiger partial charge >= 0.3 is 0 Å². The Kier molecular flexibility index (Phi) is 7.20. The highest BCUT2D eigenvalue weighted by molar-refractivity contribution is 6.24. The maximum Gasteiger partial charge on any atom is 0.161 e. The Morgan fingerprint density at radius 1 is 0.534 bits per heavy atom. The largest absolute Gasteiger partial charge is 0.456 e. The molecule has 1 unspecified atom stereocenters. The summed E-state index contributed by atoms with van der Waals surface area (Å²) in [4.78, 5) is 10.5. The number of nitrogens with zero attached hydrogens (tertiary/aromatic N) is 4. The number of hydrogen-bond donors (Lipinski definition) is 0. The van der Waals surface area contributed by atoms with Crippen LogP contribution in [0.4, 0.5) is 0 Å². The second-order valence-electron chi connectivity index (χ2n) is 15.4. The van der Waals surface area contributed by atoms with Gasteiger partial charge in [0.05, 0.1) is 39.1 Å². The maximum absolute atomic E-state index is 6.79. The van der Waals surface area contributed by atoms with Crippen LogP contribution in [0.25, 0.3) is 105 Å². The van der Waals surface area contributed by atoms with Gasteiger partial charge in [0, 0.05) is 55.2 Å². The van der Waals surface area contributed by atoms with E-state index in [2.05, 4.69) is 192 Å². The van der Waals surface area contributed by atoms with Gasteiger partial charge < -0.3 is 13.6 Å². The Morgan fingerprint density at radius 2 is 1.17 bits per heavy atom. The van der Waals surface area contributed by atoms with E-state index in [9.17, 15) is 0 Å². The van der Waals surface area contributed by atoms with E-state index in [-0.39, 0.29) is 0 Å². The fraction of sp³-hybridized carbons (Fsp3) is 0.0566. The molecule has 4 heterocycles. The van der Waals surface area contributed by atoms with Crippen LogP contribution in [0.2, 0.25) is 0 Å². The zero-order chi connectivity index (χ0) is 38.3. The zero-order valence-electron chi connectivity index (χ0n) is 31.8. The lowest BCUT2D eigenvalue weighted by atomic mass is 9.90. The Hall–Kier alpha value is -7.50. The molecule has 0 fully saturated rings. The van der Waals surface area contributed by atoms with Crippen LogP contribution in [0, 0.1) is 5.92 Å². The van der Waals surface area contributed by atoms with E-state index in [1.807, 2.05) is 6.07 Å². The van der Waals surface area contributed by atoms with Crippen LogP contribution in [0.3, 0.4) is 0 Å². The predicted octanol–water partition coefficient (Wildman–Crippen LogP) is 13.9. The minimum Gasteiger partial charge on any atom is -0.456 e. The van der Waals surface area contributed by atoms with Crippen LogP contribution in [0.15, 0.2) is 186 Å². The zero-order valence-corrected chi connectivity index (χ0v) is 31.8. The lowest BCUT2D eigenvalue weighted by molar-refractivity contribution is 0.668. The van der Waals surface area contributed by atoms with E-state index in [1.165, 1.54) is 38.2 Å². The molecule has 58 heavy (non-hydrogen) atoms. The highest BCUT2D eigenvalue weighted by Crippen LogP contribution is 2.43. The van der Waals surface area contributed by atoms with Gasteiger partial charge in [-0.1, -0.05) is 134 Å². The molecule has 0 saturated carbocycles. The molecule has 0 saturated heterocycles. The molecule has 0 spiro atoms. The number of hydrogen-bond acceptors (Lipinski definition) is 3. The molecule has 1 atom stereocenters. The van der Waals surface area contributed by atoms with Crippen molar-refractivity contribution in [3.8, 4) is 34.0 Å². The summed E-state index contributed by atoms with van der Waals surface area (Å²) in [5, 5.41) is 6.91. The van der Waals surface area contributed by atoms with E-state index in [0.717, 1.165) is 73.3 Å². The second-order valence-corrected chi connectivity index (χ2v) is 15.4. The van der Waals surface area contributed by atoms with Crippen molar-refractivity contribution in [3.05, 3.63) is 188 Å². The fourth-order valence-corrected chi connectivity index (χ4v) is 9.31. The minimum absolute atomic E-state index is 0.358. The van der Waals surface area contributed by atoms with E-state index < -0.39 is 0 Å². The molecular formula is C53H36N4O. The molecule has 0 N–H and O–H groups in total. The fourth-order valence-electron chi connectivity index (χ4n) is 9.31. The maximum atomic E-state index is 6.79. The van der Waals surface area contributed by atoms with Crippen molar-refractivity contribution in [1.29, 1.82) is 0 Å². The third-order valence-corrected chi connectivity index (χ3v) is 12.0. The van der Waals surface area contributed by atoms with Crippen LogP contribution >= 0.6 is 0 Å². The van der Waals surface area contributed by atoms with Crippen molar-refractivity contribution < 1.29 is 4.42 Å². The quantitative estimate of drug-likeness (QED) is 0.176. The SMILES string of the molecule is CC1CC=CC=C1c1cc(-c2ccccc2)nc(-c2cccc3oc4cc(-n5c6ccccc6c6ccc7c8ccccc8n(-c8ccccc8)c7c65)ccc4c23)n1. The molecule has 0 amide bonds. The first-order chi connectivity index (χ1) is 28.7. The molecule has 5 heteroatoms. The predicted molar refractivity (Wildman–Crippen MR) is 240 cm³/mol. The van der Waals surface area contributed by atoms with Gasteiger partial charge in [-0.15, -0.1) is 0 Å². The molecule has 12 rings (SSSR count). The molecule has 7 aromatic carbocycles. The molecule has 0 bridgehead atoms. The van der Waals surface area contributed by atoms with Gasteiger partial charge in [-0.25, -0.2) is 9.97 Å². The van der Waals surface area contributed by atoms with Crippen molar-refractivity contribution in [1.82, 2.24) is 19.1 Å². The number of fused-ring (bicyclic) bond motifs is 10. The molecule has 4 aromatic heterocycles. The van der Waals surface area contributed by atoms with Crippen LogP contribution in [-0.2, 0) is 0 Å². The van der Waals surface area contributed by atoms with Gasteiger partial charge in [0.2, 0.25) is 0 Å². The highest BCUT2D eigenvalue weighted by atomic mass is 16.3. The van der Waals surface area contributed by atoms with Crippen LogP contribution in [-0.4, -0.2) is 19.1 Å². The topological polar surface area (TPSA) is 48.8 Å². The summed E-state index contributed by atoms with van der Waals surface area (Å²) in [6.45, 7) is 2.27. The van der Waals surface area contributed by atoms with Crippen LogP contribution in [0.5, 0.6) is 0 Å². The van der Waals surface area contributed by atoms with Gasteiger partial charge in [-0.05, 0) is 66.4 Å². The van der Waals surface area contributed by atoms with Gasteiger partial charge in [0.25, 0.3) is 0 Å². The van der Waals surface area contributed by atoms with E-state index >= 15 is 0 Å². The first-order valence-electron chi connectivity index (χ1n) is 20.0. The third kappa shape index (κ3) is 4.90.